The van der Waals surface area contributed by atoms with E-state index in [1.807, 2.05) is 0 Å². The molecule has 0 aliphatic rings. The Bertz CT molecular complexity index is 786. The maximum Gasteiger partial charge on any atom is 0.241 e. The second-order valence-corrected chi connectivity index (χ2v) is 6.99. The number of pyridine rings is 1. The molecule has 0 saturated carbocycles. The summed E-state index contributed by atoms with van der Waals surface area (Å²) in [5.74, 6) is -0.333. The van der Waals surface area contributed by atoms with E-state index in [0.29, 0.717) is 4.47 Å². The van der Waals surface area contributed by atoms with Crippen LogP contribution in [0.1, 0.15) is 0 Å². The first-order valence-electron chi connectivity index (χ1n) is 5.55. The van der Waals surface area contributed by atoms with Crippen molar-refractivity contribution >= 4 is 37.6 Å². The van der Waals surface area contributed by atoms with Gasteiger partial charge in [0.25, 0.3) is 0 Å². The van der Waals surface area contributed by atoms with E-state index in [2.05, 4.69) is 25.6 Å². The molecular weight excluding hydrogens is 387 g/mol. The van der Waals surface area contributed by atoms with Crippen LogP contribution in [0.15, 0.2) is 39.8 Å². The Kier molecular flexibility index (Phi) is 4.82. The van der Waals surface area contributed by atoms with Crippen molar-refractivity contribution in [3.8, 4) is 11.6 Å². The van der Waals surface area contributed by atoms with Gasteiger partial charge in [-0.1, -0.05) is 11.6 Å². The predicted octanol–water partition coefficient (Wildman–Crippen LogP) is 3.34. The lowest BCUT2D eigenvalue weighted by atomic mass is 10.3. The number of hydrogen-bond acceptors (Lipinski definition) is 4. The number of nitrogens with one attached hydrogen (secondary N) is 1. The first kappa shape index (κ1) is 16.2. The summed E-state index contributed by atoms with van der Waals surface area (Å²) < 4.78 is 44.4. The highest BCUT2D eigenvalue weighted by Crippen LogP contribution is 2.30. The second kappa shape index (κ2) is 6.27. The molecule has 0 saturated heterocycles. The van der Waals surface area contributed by atoms with Crippen molar-refractivity contribution in [1.29, 1.82) is 0 Å². The summed E-state index contributed by atoms with van der Waals surface area (Å²) in [5.41, 5.74) is 0. The Morgan fingerprint density at radius 3 is 2.67 bits per heavy atom. The van der Waals surface area contributed by atoms with Crippen molar-refractivity contribution in [1.82, 2.24) is 9.71 Å². The van der Waals surface area contributed by atoms with Crippen LogP contribution in [0.4, 0.5) is 4.39 Å². The molecule has 0 aliphatic heterocycles. The maximum absolute atomic E-state index is 13.3. The number of hydrogen-bond donors (Lipinski definition) is 1. The zero-order valence-electron chi connectivity index (χ0n) is 10.6. The summed E-state index contributed by atoms with van der Waals surface area (Å²) in [5, 5.41) is -0.0233. The normalized spacial score (nSPS) is 11.4. The molecule has 1 aromatic heterocycles. The average Bonchev–Trinajstić information content (AvgIpc) is 2.45. The molecule has 0 amide bonds. The van der Waals surface area contributed by atoms with Gasteiger partial charge in [0.15, 0.2) is 0 Å². The van der Waals surface area contributed by atoms with Crippen LogP contribution in [0.25, 0.3) is 0 Å². The number of rotatable bonds is 4. The van der Waals surface area contributed by atoms with Crippen molar-refractivity contribution in [2.45, 2.75) is 4.90 Å². The van der Waals surface area contributed by atoms with E-state index in [1.165, 1.54) is 25.2 Å². The molecule has 112 valence electrons. The van der Waals surface area contributed by atoms with Crippen LogP contribution >= 0.6 is 27.5 Å². The van der Waals surface area contributed by atoms with E-state index >= 15 is 0 Å². The topological polar surface area (TPSA) is 68.3 Å². The molecule has 0 unspecified atom stereocenters. The van der Waals surface area contributed by atoms with Crippen molar-refractivity contribution in [3.05, 3.63) is 45.8 Å². The van der Waals surface area contributed by atoms with E-state index < -0.39 is 15.8 Å². The molecule has 1 heterocycles. The molecule has 0 radical (unpaired) electrons. The number of halogens is 3. The van der Waals surface area contributed by atoms with Gasteiger partial charge in [0, 0.05) is 6.07 Å². The second-order valence-electron chi connectivity index (χ2n) is 3.84. The van der Waals surface area contributed by atoms with Crippen LogP contribution in [0.2, 0.25) is 5.02 Å². The Labute approximate surface area is 134 Å². The van der Waals surface area contributed by atoms with E-state index in [-0.39, 0.29) is 21.5 Å². The minimum absolute atomic E-state index is 0.0217. The molecule has 21 heavy (non-hydrogen) atoms. The zero-order chi connectivity index (χ0) is 15.6. The average molecular weight is 396 g/mol. The molecule has 0 fully saturated rings. The Hall–Kier alpha value is -1.22. The van der Waals surface area contributed by atoms with E-state index in [9.17, 15) is 12.8 Å². The lowest BCUT2D eigenvalue weighted by molar-refractivity contribution is 0.454. The Morgan fingerprint density at radius 2 is 2.10 bits per heavy atom. The maximum atomic E-state index is 13.3. The monoisotopic (exact) mass is 394 g/mol. The molecule has 0 spiro atoms. The summed E-state index contributed by atoms with van der Waals surface area (Å²) in [6.45, 7) is 0. The van der Waals surface area contributed by atoms with Gasteiger partial charge in [-0.15, -0.1) is 0 Å². The third kappa shape index (κ3) is 3.70. The molecule has 5 nitrogen and oxygen atoms in total. The summed E-state index contributed by atoms with van der Waals surface area (Å²) in [4.78, 5) is 3.87. The van der Waals surface area contributed by atoms with Gasteiger partial charge in [-0.05, 0) is 41.2 Å². The van der Waals surface area contributed by atoms with Gasteiger partial charge in [0.1, 0.15) is 16.5 Å². The molecule has 9 heteroatoms. The smallest absolute Gasteiger partial charge is 0.241 e. The largest absolute Gasteiger partial charge is 0.438 e. The van der Waals surface area contributed by atoms with Crippen molar-refractivity contribution in [2.75, 3.05) is 7.05 Å². The highest BCUT2D eigenvalue weighted by Gasteiger charge is 2.15. The first-order valence-corrected chi connectivity index (χ1v) is 8.21. The Morgan fingerprint density at radius 1 is 1.38 bits per heavy atom. The highest BCUT2D eigenvalue weighted by molar-refractivity contribution is 9.10. The molecule has 0 bridgehead atoms. The SMILES string of the molecule is CNS(=O)(=O)c1cnc(Oc2ccc(Cl)c(F)c2)c(Br)c1. The minimum Gasteiger partial charge on any atom is -0.438 e. The van der Waals surface area contributed by atoms with Gasteiger partial charge < -0.3 is 4.74 Å². The lowest BCUT2D eigenvalue weighted by Crippen LogP contribution is -2.18. The van der Waals surface area contributed by atoms with Gasteiger partial charge >= 0.3 is 0 Å². The highest BCUT2D eigenvalue weighted by atomic mass is 79.9. The number of aromatic nitrogens is 1. The molecule has 2 aromatic rings. The van der Waals surface area contributed by atoms with E-state index in [4.69, 9.17) is 16.3 Å². The lowest BCUT2D eigenvalue weighted by Gasteiger charge is -2.09. The molecular formula is C12H9BrClFN2O3S. The summed E-state index contributed by atoms with van der Waals surface area (Å²) in [7, 11) is -2.30. The fourth-order valence-electron chi connectivity index (χ4n) is 1.40. The van der Waals surface area contributed by atoms with Gasteiger partial charge in [-0.25, -0.2) is 22.5 Å². The van der Waals surface area contributed by atoms with Crippen LogP contribution in [0.5, 0.6) is 11.6 Å². The molecule has 1 aromatic carbocycles. The first-order chi connectivity index (χ1) is 9.83. The fourth-order valence-corrected chi connectivity index (χ4v) is 2.80. The van der Waals surface area contributed by atoms with Gasteiger partial charge in [-0.3, -0.25) is 0 Å². The van der Waals surface area contributed by atoms with Gasteiger partial charge in [-0.2, -0.15) is 0 Å². The van der Waals surface area contributed by atoms with Gasteiger partial charge in [0.2, 0.25) is 15.9 Å². The third-order valence-electron chi connectivity index (χ3n) is 2.47. The Balaban J connectivity index is 2.31. The van der Waals surface area contributed by atoms with E-state index in [0.717, 1.165) is 12.3 Å². The van der Waals surface area contributed by atoms with Gasteiger partial charge in [0.05, 0.1) is 15.7 Å². The van der Waals surface area contributed by atoms with Crippen molar-refractivity contribution in [3.63, 3.8) is 0 Å². The predicted molar refractivity (Wildman–Crippen MR) is 79.7 cm³/mol. The molecule has 2 rings (SSSR count). The van der Waals surface area contributed by atoms with Crippen LogP contribution in [-0.2, 0) is 10.0 Å². The van der Waals surface area contributed by atoms with E-state index in [1.54, 1.807) is 0 Å². The number of ether oxygens (including phenoxy) is 1. The van der Waals surface area contributed by atoms with Crippen molar-refractivity contribution in [2.24, 2.45) is 0 Å². The van der Waals surface area contributed by atoms with Crippen LogP contribution < -0.4 is 9.46 Å². The number of nitrogens with zero attached hydrogens (tertiary/aromatic N) is 1. The zero-order valence-corrected chi connectivity index (χ0v) is 13.8. The van der Waals surface area contributed by atoms with Crippen LogP contribution in [-0.4, -0.2) is 20.4 Å². The van der Waals surface area contributed by atoms with Crippen LogP contribution in [0.3, 0.4) is 0 Å². The molecule has 1 N–H and O–H groups in total. The van der Waals surface area contributed by atoms with Crippen molar-refractivity contribution < 1.29 is 17.5 Å². The minimum atomic E-state index is -3.60. The summed E-state index contributed by atoms with van der Waals surface area (Å²) in [6, 6.07) is 5.26. The fraction of sp³-hybridized carbons (Fsp3) is 0.0833. The number of benzene rings is 1. The number of sulfonamides is 1. The molecule has 0 aliphatic carbocycles. The third-order valence-corrected chi connectivity index (χ3v) is 4.72. The summed E-state index contributed by atoms with van der Waals surface area (Å²) in [6.07, 6.45) is 1.14. The summed E-state index contributed by atoms with van der Waals surface area (Å²) >= 11 is 8.73. The molecule has 0 atom stereocenters. The standard InChI is InChI=1S/C12H9BrClFN2O3S/c1-16-21(18,19)8-5-9(13)12(17-6-8)20-7-2-3-10(14)11(15)4-7/h2-6,16H,1H3. The van der Waals surface area contributed by atoms with Crippen LogP contribution in [0, 0.1) is 5.82 Å². The quantitative estimate of drug-likeness (QED) is 0.862.